The second kappa shape index (κ2) is 6.88. The SMILES string of the molecule is Cc1cccc(Nc2cncc(C(=O)NCC(C)C)c2)c1. The number of aryl methyl sites for hydroxylation is 1. The van der Waals surface area contributed by atoms with E-state index in [-0.39, 0.29) is 5.91 Å². The number of hydrogen-bond donors (Lipinski definition) is 2. The Morgan fingerprint density at radius 1 is 1.19 bits per heavy atom. The Labute approximate surface area is 125 Å². The molecule has 1 aromatic heterocycles. The molecule has 1 heterocycles. The molecule has 2 N–H and O–H groups in total. The van der Waals surface area contributed by atoms with Gasteiger partial charge in [-0.2, -0.15) is 0 Å². The molecule has 0 spiro atoms. The standard InChI is InChI=1S/C17H21N3O/c1-12(2)9-19-17(21)14-8-16(11-18-10-14)20-15-6-4-5-13(3)7-15/h4-8,10-12,20H,9H2,1-3H3,(H,19,21). The first-order valence-corrected chi connectivity index (χ1v) is 7.11. The van der Waals surface area contributed by atoms with Gasteiger partial charge in [-0.05, 0) is 36.6 Å². The van der Waals surface area contributed by atoms with Crippen molar-refractivity contribution in [2.24, 2.45) is 5.92 Å². The normalized spacial score (nSPS) is 10.5. The van der Waals surface area contributed by atoms with Crippen molar-refractivity contribution in [1.82, 2.24) is 10.3 Å². The van der Waals surface area contributed by atoms with Gasteiger partial charge >= 0.3 is 0 Å². The second-order valence-corrected chi connectivity index (χ2v) is 5.56. The molecule has 4 heteroatoms. The molecule has 0 fully saturated rings. The van der Waals surface area contributed by atoms with Gasteiger partial charge < -0.3 is 10.6 Å². The summed E-state index contributed by atoms with van der Waals surface area (Å²) in [6.07, 6.45) is 3.29. The van der Waals surface area contributed by atoms with E-state index in [1.54, 1.807) is 12.4 Å². The third-order valence-electron chi connectivity index (χ3n) is 2.98. The van der Waals surface area contributed by atoms with Gasteiger partial charge in [-0.1, -0.05) is 26.0 Å². The molecule has 0 saturated heterocycles. The van der Waals surface area contributed by atoms with Crippen molar-refractivity contribution < 1.29 is 4.79 Å². The number of pyridine rings is 1. The molecule has 0 saturated carbocycles. The Morgan fingerprint density at radius 3 is 2.71 bits per heavy atom. The number of hydrogen-bond acceptors (Lipinski definition) is 3. The number of carbonyl (C=O) groups is 1. The summed E-state index contributed by atoms with van der Waals surface area (Å²) in [7, 11) is 0. The molecule has 0 aliphatic rings. The molecule has 1 amide bonds. The molecule has 0 unspecified atom stereocenters. The maximum Gasteiger partial charge on any atom is 0.252 e. The Bertz CT molecular complexity index is 623. The number of benzene rings is 1. The Morgan fingerprint density at radius 2 is 2.00 bits per heavy atom. The Balaban J connectivity index is 2.08. The van der Waals surface area contributed by atoms with Gasteiger partial charge in [-0.3, -0.25) is 9.78 Å². The van der Waals surface area contributed by atoms with Crippen molar-refractivity contribution in [2.75, 3.05) is 11.9 Å². The molecular formula is C17H21N3O. The molecule has 0 aliphatic carbocycles. The highest BCUT2D eigenvalue weighted by Gasteiger charge is 2.07. The molecule has 4 nitrogen and oxygen atoms in total. The van der Waals surface area contributed by atoms with Crippen LogP contribution in [-0.2, 0) is 0 Å². The van der Waals surface area contributed by atoms with Crippen LogP contribution in [-0.4, -0.2) is 17.4 Å². The number of anilines is 2. The maximum atomic E-state index is 12.0. The lowest BCUT2D eigenvalue weighted by atomic mass is 10.2. The van der Waals surface area contributed by atoms with Crippen molar-refractivity contribution in [3.63, 3.8) is 0 Å². The molecular weight excluding hydrogens is 262 g/mol. The fourth-order valence-corrected chi connectivity index (χ4v) is 1.92. The molecule has 2 aromatic rings. The molecule has 21 heavy (non-hydrogen) atoms. The number of nitrogens with one attached hydrogen (secondary N) is 2. The summed E-state index contributed by atoms with van der Waals surface area (Å²) in [5.41, 5.74) is 3.53. The quantitative estimate of drug-likeness (QED) is 0.882. The number of nitrogens with zero attached hydrogens (tertiary/aromatic N) is 1. The minimum Gasteiger partial charge on any atom is -0.354 e. The van der Waals surface area contributed by atoms with Crippen LogP contribution in [0.4, 0.5) is 11.4 Å². The molecule has 0 bridgehead atoms. The van der Waals surface area contributed by atoms with E-state index in [2.05, 4.69) is 29.5 Å². The number of carbonyl (C=O) groups excluding carboxylic acids is 1. The van der Waals surface area contributed by atoms with Gasteiger partial charge in [0.15, 0.2) is 0 Å². The summed E-state index contributed by atoms with van der Waals surface area (Å²) in [4.78, 5) is 16.2. The van der Waals surface area contributed by atoms with Crippen LogP contribution in [0.5, 0.6) is 0 Å². The molecule has 2 rings (SSSR count). The lowest BCUT2D eigenvalue weighted by molar-refractivity contribution is 0.0948. The van der Waals surface area contributed by atoms with Crippen LogP contribution < -0.4 is 10.6 Å². The predicted octanol–water partition coefficient (Wildman–Crippen LogP) is 3.52. The third-order valence-corrected chi connectivity index (χ3v) is 2.98. The van der Waals surface area contributed by atoms with E-state index in [1.807, 2.05) is 37.3 Å². The zero-order valence-electron chi connectivity index (χ0n) is 12.7. The average molecular weight is 283 g/mol. The van der Waals surface area contributed by atoms with Gasteiger partial charge in [0.05, 0.1) is 17.4 Å². The van der Waals surface area contributed by atoms with Crippen LogP contribution in [0.15, 0.2) is 42.7 Å². The summed E-state index contributed by atoms with van der Waals surface area (Å²) in [6, 6.07) is 9.87. The lowest BCUT2D eigenvalue weighted by Gasteiger charge is -2.10. The maximum absolute atomic E-state index is 12.0. The third kappa shape index (κ3) is 4.60. The van der Waals surface area contributed by atoms with Crippen LogP contribution in [0.25, 0.3) is 0 Å². The summed E-state index contributed by atoms with van der Waals surface area (Å²) in [5.74, 6) is 0.333. The Kier molecular flexibility index (Phi) is 4.93. The predicted molar refractivity (Wildman–Crippen MR) is 85.9 cm³/mol. The largest absolute Gasteiger partial charge is 0.354 e. The zero-order chi connectivity index (χ0) is 15.2. The highest BCUT2D eigenvalue weighted by Crippen LogP contribution is 2.17. The minimum absolute atomic E-state index is 0.0934. The van der Waals surface area contributed by atoms with Crippen LogP contribution in [0.1, 0.15) is 29.8 Å². The Hall–Kier alpha value is -2.36. The topological polar surface area (TPSA) is 54.0 Å². The summed E-state index contributed by atoms with van der Waals surface area (Å²) in [6.45, 7) is 6.83. The first kappa shape index (κ1) is 15.0. The monoisotopic (exact) mass is 283 g/mol. The van der Waals surface area contributed by atoms with Gasteiger partial charge in [0.25, 0.3) is 5.91 Å². The van der Waals surface area contributed by atoms with E-state index in [0.29, 0.717) is 18.0 Å². The van der Waals surface area contributed by atoms with Gasteiger partial charge in [0, 0.05) is 18.4 Å². The van der Waals surface area contributed by atoms with E-state index < -0.39 is 0 Å². The van der Waals surface area contributed by atoms with Crippen molar-refractivity contribution in [2.45, 2.75) is 20.8 Å². The van der Waals surface area contributed by atoms with Crippen molar-refractivity contribution in [3.05, 3.63) is 53.9 Å². The lowest BCUT2D eigenvalue weighted by Crippen LogP contribution is -2.27. The highest BCUT2D eigenvalue weighted by atomic mass is 16.1. The van der Waals surface area contributed by atoms with Crippen molar-refractivity contribution >= 4 is 17.3 Å². The van der Waals surface area contributed by atoms with Gasteiger partial charge in [-0.25, -0.2) is 0 Å². The van der Waals surface area contributed by atoms with Crippen LogP contribution >= 0.6 is 0 Å². The van der Waals surface area contributed by atoms with E-state index in [0.717, 1.165) is 11.4 Å². The van der Waals surface area contributed by atoms with E-state index in [9.17, 15) is 4.79 Å². The molecule has 0 aliphatic heterocycles. The second-order valence-electron chi connectivity index (χ2n) is 5.56. The molecule has 1 aromatic carbocycles. The zero-order valence-corrected chi connectivity index (χ0v) is 12.7. The molecule has 110 valence electrons. The van der Waals surface area contributed by atoms with Crippen LogP contribution in [0, 0.1) is 12.8 Å². The first-order valence-electron chi connectivity index (χ1n) is 7.11. The summed E-state index contributed by atoms with van der Waals surface area (Å²) >= 11 is 0. The van der Waals surface area contributed by atoms with Crippen LogP contribution in [0.2, 0.25) is 0 Å². The van der Waals surface area contributed by atoms with Crippen molar-refractivity contribution in [1.29, 1.82) is 0 Å². The summed E-state index contributed by atoms with van der Waals surface area (Å²) < 4.78 is 0. The van der Waals surface area contributed by atoms with E-state index in [4.69, 9.17) is 0 Å². The molecule has 0 radical (unpaired) electrons. The average Bonchev–Trinajstić information content (AvgIpc) is 2.45. The van der Waals surface area contributed by atoms with Crippen molar-refractivity contribution in [3.8, 4) is 0 Å². The van der Waals surface area contributed by atoms with Gasteiger partial charge in [-0.15, -0.1) is 0 Å². The minimum atomic E-state index is -0.0934. The number of rotatable bonds is 5. The van der Waals surface area contributed by atoms with Crippen LogP contribution in [0.3, 0.4) is 0 Å². The highest BCUT2D eigenvalue weighted by molar-refractivity contribution is 5.94. The van der Waals surface area contributed by atoms with Gasteiger partial charge in [0.2, 0.25) is 0 Å². The smallest absolute Gasteiger partial charge is 0.252 e. The van der Waals surface area contributed by atoms with E-state index in [1.165, 1.54) is 5.56 Å². The molecule has 0 atom stereocenters. The number of aromatic nitrogens is 1. The van der Waals surface area contributed by atoms with Gasteiger partial charge in [0.1, 0.15) is 0 Å². The van der Waals surface area contributed by atoms with E-state index >= 15 is 0 Å². The fourth-order valence-electron chi connectivity index (χ4n) is 1.92. The number of amides is 1. The fraction of sp³-hybridized carbons (Fsp3) is 0.294. The first-order chi connectivity index (χ1) is 10.0. The summed E-state index contributed by atoms with van der Waals surface area (Å²) in [5, 5.41) is 6.15.